The van der Waals surface area contributed by atoms with E-state index in [4.69, 9.17) is 0 Å². The lowest BCUT2D eigenvalue weighted by molar-refractivity contribution is -0.119. The van der Waals surface area contributed by atoms with Crippen LogP contribution in [0.15, 0.2) is 58.5 Å². The summed E-state index contributed by atoms with van der Waals surface area (Å²) < 4.78 is 27.9. The molecule has 0 unspecified atom stereocenters. The maximum absolute atomic E-state index is 13.4. The molecule has 1 saturated carbocycles. The Morgan fingerprint density at radius 2 is 1.63 bits per heavy atom. The lowest BCUT2D eigenvalue weighted by Crippen LogP contribution is -2.39. The molecule has 160 valence electrons. The Morgan fingerprint density at radius 3 is 2.27 bits per heavy atom. The number of benzene rings is 2. The first-order chi connectivity index (χ1) is 14.4. The van der Waals surface area contributed by atoms with E-state index in [9.17, 15) is 13.2 Å². The minimum atomic E-state index is -3.91. The highest BCUT2D eigenvalue weighted by molar-refractivity contribution is 7.92. The van der Waals surface area contributed by atoms with Crippen molar-refractivity contribution < 1.29 is 13.2 Å². The van der Waals surface area contributed by atoms with Crippen LogP contribution in [0.2, 0.25) is 0 Å². The zero-order valence-corrected chi connectivity index (χ0v) is 18.4. The van der Waals surface area contributed by atoms with Gasteiger partial charge in [-0.25, -0.2) is 13.8 Å². The van der Waals surface area contributed by atoms with Crippen LogP contribution >= 0.6 is 0 Å². The van der Waals surface area contributed by atoms with Crippen molar-refractivity contribution >= 4 is 27.3 Å². The monoisotopic (exact) mass is 427 g/mol. The lowest BCUT2D eigenvalue weighted by Gasteiger charge is -2.24. The molecule has 0 saturated heterocycles. The van der Waals surface area contributed by atoms with Crippen molar-refractivity contribution in [1.29, 1.82) is 0 Å². The number of anilines is 1. The Morgan fingerprint density at radius 1 is 0.967 bits per heavy atom. The van der Waals surface area contributed by atoms with Gasteiger partial charge in [0.1, 0.15) is 6.54 Å². The van der Waals surface area contributed by atoms with Gasteiger partial charge in [0.25, 0.3) is 15.9 Å². The molecule has 0 aliphatic heterocycles. The highest BCUT2D eigenvalue weighted by atomic mass is 32.2. The third-order valence-corrected chi connectivity index (χ3v) is 6.99. The van der Waals surface area contributed by atoms with Gasteiger partial charge < -0.3 is 0 Å². The molecule has 1 aliphatic carbocycles. The Kier molecular flexibility index (Phi) is 7.26. The van der Waals surface area contributed by atoms with E-state index in [2.05, 4.69) is 10.5 Å². The molecule has 30 heavy (non-hydrogen) atoms. The topological polar surface area (TPSA) is 78.8 Å². The lowest BCUT2D eigenvalue weighted by atomic mass is 10.2. The number of sulfonamides is 1. The molecular formula is C23H29N3O3S. The van der Waals surface area contributed by atoms with Gasteiger partial charge in [0, 0.05) is 5.71 Å². The van der Waals surface area contributed by atoms with Crippen molar-refractivity contribution in [2.24, 2.45) is 5.10 Å². The molecular weight excluding hydrogens is 398 g/mol. The van der Waals surface area contributed by atoms with E-state index in [0.29, 0.717) is 5.69 Å². The molecule has 0 bridgehead atoms. The van der Waals surface area contributed by atoms with Gasteiger partial charge in [-0.15, -0.1) is 0 Å². The minimum Gasteiger partial charge on any atom is -0.271 e. The zero-order valence-electron chi connectivity index (χ0n) is 17.6. The SMILES string of the molecule is Cc1ccc(S(=O)(=O)N(CC(=O)NN=C2CCCCCC2)c2cccc(C)c2)cc1. The second-order valence-electron chi connectivity index (χ2n) is 7.79. The van der Waals surface area contributed by atoms with Gasteiger partial charge in [0.2, 0.25) is 0 Å². The maximum Gasteiger partial charge on any atom is 0.264 e. The fourth-order valence-electron chi connectivity index (χ4n) is 3.49. The van der Waals surface area contributed by atoms with Crippen molar-refractivity contribution in [1.82, 2.24) is 5.43 Å². The standard InChI is InChI=1S/C23H29N3O3S/c1-18-12-14-22(15-13-18)30(28,29)26(21-11-7-8-19(2)16-21)17-23(27)25-24-20-9-5-3-4-6-10-20/h7-8,11-16H,3-6,9-10,17H2,1-2H3,(H,25,27). The van der Waals surface area contributed by atoms with Crippen LogP contribution in [0, 0.1) is 13.8 Å². The average Bonchev–Trinajstić information content (AvgIpc) is 2.99. The van der Waals surface area contributed by atoms with Crippen LogP contribution < -0.4 is 9.73 Å². The Balaban J connectivity index is 1.85. The fraction of sp³-hybridized carbons (Fsp3) is 0.391. The molecule has 3 rings (SSSR count). The summed E-state index contributed by atoms with van der Waals surface area (Å²) in [7, 11) is -3.91. The summed E-state index contributed by atoms with van der Waals surface area (Å²) in [5.41, 5.74) is 5.88. The third kappa shape index (κ3) is 5.69. The molecule has 1 amide bonds. The number of carbonyl (C=O) groups excluding carboxylic acids is 1. The number of carbonyl (C=O) groups is 1. The number of amides is 1. The molecule has 0 aromatic heterocycles. The number of nitrogens with zero attached hydrogens (tertiary/aromatic N) is 2. The Bertz CT molecular complexity index is 1000. The molecule has 0 atom stereocenters. The van der Waals surface area contributed by atoms with Gasteiger partial charge in [-0.1, -0.05) is 42.7 Å². The van der Waals surface area contributed by atoms with Gasteiger partial charge in [0.15, 0.2) is 0 Å². The Labute approximate surface area is 179 Å². The first kappa shape index (κ1) is 22.0. The van der Waals surface area contributed by atoms with Crippen molar-refractivity contribution in [3.8, 4) is 0 Å². The molecule has 1 fully saturated rings. The summed E-state index contributed by atoms with van der Waals surface area (Å²) >= 11 is 0. The maximum atomic E-state index is 13.4. The average molecular weight is 428 g/mol. The van der Waals surface area contributed by atoms with Crippen LogP contribution in [0.4, 0.5) is 5.69 Å². The van der Waals surface area contributed by atoms with Gasteiger partial charge in [-0.05, 0) is 69.4 Å². The number of rotatable bonds is 6. The number of hydrazone groups is 1. The highest BCUT2D eigenvalue weighted by Gasteiger charge is 2.27. The molecule has 0 heterocycles. The summed E-state index contributed by atoms with van der Waals surface area (Å²) in [6.45, 7) is 3.45. The molecule has 2 aromatic carbocycles. The molecule has 6 nitrogen and oxygen atoms in total. The Hall–Kier alpha value is -2.67. The van der Waals surface area contributed by atoms with Crippen molar-refractivity contribution in [3.05, 3.63) is 59.7 Å². The quantitative estimate of drug-likeness (QED) is 0.551. The highest BCUT2D eigenvalue weighted by Crippen LogP contribution is 2.24. The second kappa shape index (κ2) is 9.89. The van der Waals surface area contributed by atoms with E-state index in [-0.39, 0.29) is 11.4 Å². The van der Waals surface area contributed by atoms with Gasteiger partial charge in [0.05, 0.1) is 10.6 Å². The van der Waals surface area contributed by atoms with Crippen LogP contribution in [0.1, 0.15) is 49.7 Å². The van der Waals surface area contributed by atoms with E-state index < -0.39 is 15.9 Å². The second-order valence-corrected chi connectivity index (χ2v) is 9.65. The number of aryl methyl sites for hydroxylation is 2. The summed E-state index contributed by atoms with van der Waals surface area (Å²) in [4.78, 5) is 12.8. The summed E-state index contributed by atoms with van der Waals surface area (Å²) in [6.07, 6.45) is 6.27. The molecule has 7 heteroatoms. The molecule has 1 aliphatic rings. The number of hydrogen-bond donors (Lipinski definition) is 1. The molecule has 0 spiro atoms. The summed E-state index contributed by atoms with van der Waals surface area (Å²) in [5.74, 6) is -0.455. The van der Waals surface area contributed by atoms with Crippen molar-refractivity contribution in [3.63, 3.8) is 0 Å². The van der Waals surface area contributed by atoms with E-state index in [1.807, 2.05) is 19.9 Å². The predicted molar refractivity (Wildman–Crippen MR) is 120 cm³/mol. The summed E-state index contributed by atoms with van der Waals surface area (Å²) in [5, 5.41) is 4.27. The first-order valence-electron chi connectivity index (χ1n) is 10.4. The van der Waals surface area contributed by atoms with Crippen molar-refractivity contribution in [2.75, 3.05) is 10.8 Å². The number of nitrogens with one attached hydrogen (secondary N) is 1. The number of hydrogen-bond acceptors (Lipinski definition) is 4. The van der Waals surface area contributed by atoms with Gasteiger partial charge in [-0.2, -0.15) is 5.10 Å². The van der Waals surface area contributed by atoms with Crippen LogP contribution in [0.5, 0.6) is 0 Å². The molecule has 2 aromatic rings. The first-order valence-corrected chi connectivity index (χ1v) is 11.8. The van der Waals surface area contributed by atoms with E-state index in [1.165, 1.54) is 12.8 Å². The van der Waals surface area contributed by atoms with Crippen LogP contribution in [-0.2, 0) is 14.8 Å². The van der Waals surface area contributed by atoms with Crippen LogP contribution in [-0.4, -0.2) is 26.6 Å². The van der Waals surface area contributed by atoms with E-state index in [0.717, 1.165) is 46.8 Å². The van der Waals surface area contributed by atoms with E-state index >= 15 is 0 Å². The van der Waals surface area contributed by atoms with Gasteiger partial charge in [-0.3, -0.25) is 9.10 Å². The normalized spacial score (nSPS) is 14.7. The van der Waals surface area contributed by atoms with Crippen LogP contribution in [0.25, 0.3) is 0 Å². The predicted octanol–water partition coefficient (Wildman–Crippen LogP) is 4.33. The minimum absolute atomic E-state index is 0.150. The van der Waals surface area contributed by atoms with E-state index in [1.54, 1.807) is 42.5 Å². The van der Waals surface area contributed by atoms with Crippen LogP contribution in [0.3, 0.4) is 0 Å². The third-order valence-electron chi connectivity index (χ3n) is 5.21. The van der Waals surface area contributed by atoms with Crippen molar-refractivity contribution in [2.45, 2.75) is 57.3 Å². The summed E-state index contributed by atoms with van der Waals surface area (Å²) in [6, 6.07) is 13.8. The molecule has 0 radical (unpaired) electrons. The molecule has 1 N–H and O–H groups in total. The largest absolute Gasteiger partial charge is 0.271 e. The zero-order chi connectivity index (χ0) is 21.6. The van der Waals surface area contributed by atoms with Gasteiger partial charge >= 0.3 is 0 Å². The fourth-order valence-corrected chi connectivity index (χ4v) is 4.90. The smallest absolute Gasteiger partial charge is 0.264 e.